The zero-order valence-corrected chi connectivity index (χ0v) is 51.0. The number of nitriles is 1. The Labute approximate surface area is 500 Å². The molecule has 33 nitrogen and oxygen atoms in total. The summed E-state index contributed by atoms with van der Waals surface area (Å²) in [5, 5.41) is 48.5. The number of rotatable bonds is 22. The highest BCUT2D eigenvalue weighted by molar-refractivity contribution is 7.99. The van der Waals surface area contributed by atoms with Gasteiger partial charge in [-0.05, 0) is 80.5 Å². The zero-order chi connectivity index (χ0) is 64.1. The lowest BCUT2D eigenvalue weighted by Gasteiger charge is -2.12. The minimum atomic E-state index is -5.34. The Morgan fingerprint density at radius 2 is 1.30 bits per heavy atom. The minimum Gasteiger partial charge on any atom is -0.494 e. The van der Waals surface area contributed by atoms with Gasteiger partial charge in [0.25, 0.3) is 60.7 Å². The number of carbonyl (C=O) groups is 1. The van der Waals surface area contributed by atoms with E-state index in [4.69, 9.17) is 9.47 Å². The van der Waals surface area contributed by atoms with Gasteiger partial charge in [0.05, 0.1) is 57.2 Å². The zero-order valence-electron chi connectivity index (χ0n) is 44.4. The van der Waals surface area contributed by atoms with E-state index in [1.54, 1.807) is 6.92 Å². The number of nitrogens with one attached hydrogen (secondary N) is 1. The van der Waals surface area contributed by atoms with E-state index in [1.165, 1.54) is 38.3 Å². The highest BCUT2D eigenvalue weighted by Crippen LogP contribution is 2.46. The normalized spacial score (nSPS) is 13.1. The van der Waals surface area contributed by atoms with Crippen molar-refractivity contribution >= 4 is 167 Å². The monoisotopic (exact) mass is 1360 g/mol. The van der Waals surface area contributed by atoms with Crippen molar-refractivity contribution in [1.29, 1.82) is 5.26 Å². The number of aromatic nitrogens is 3. The lowest BCUT2D eigenvalue weighted by molar-refractivity contribution is -0.114. The molecule has 460 valence electrons. The van der Waals surface area contributed by atoms with Gasteiger partial charge in [0, 0.05) is 40.3 Å². The molecule has 87 heavy (non-hydrogen) atoms. The van der Waals surface area contributed by atoms with Gasteiger partial charge in [-0.2, -0.15) is 60.9 Å². The van der Waals surface area contributed by atoms with Crippen LogP contribution in [0.3, 0.4) is 0 Å². The fourth-order valence-corrected chi connectivity index (χ4v) is 14.1. The SMILES string of the molecule is COc1cc(N=Nc2cc(OCCCS(=O)(=O)O)c(N=Nc3c(C)c(C#N)c4nc5cc(S(=O)(=O)O)c(NC(C)=O)cc5n4c3O)cc2C)c(SCCCS(=O)(=O)O)cc1N=Nc1nc2c(S(=O)(=O)O)cc3c(S(=O)(=O)O)cc(S(=O)(=O)O)cc3c2s1. The number of methoxy groups -OCH3 is 1. The highest BCUT2D eigenvalue weighted by atomic mass is 32.2. The van der Waals surface area contributed by atoms with Gasteiger partial charge in [0.2, 0.25) is 16.9 Å². The van der Waals surface area contributed by atoms with Crippen LogP contribution in [0.4, 0.5) is 39.3 Å². The molecule has 0 aliphatic heterocycles. The van der Waals surface area contributed by atoms with Crippen molar-refractivity contribution in [3.8, 4) is 23.4 Å². The Morgan fingerprint density at radius 1 is 0.690 bits per heavy atom. The molecule has 0 bridgehead atoms. The first kappa shape index (κ1) is 65.2. The summed E-state index contributed by atoms with van der Waals surface area (Å²) in [7, 11) is -28.4. The number of hydrogen-bond donors (Lipinski definition) is 8. The fraction of sp³-hybridized carbons (Fsp3) is 0.217. The van der Waals surface area contributed by atoms with E-state index in [0.29, 0.717) is 29.0 Å². The van der Waals surface area contributed by atoms with E-state index >= 15 is 0 Å². The summed E-state index contributed by atoms with van der Waals surface area (Å²) in [5.41, 5.74) is -1.66. The van der Waals surface area contributed by atoms with Gasteiger partial charge >= 0.3 is 0 Å². The lowest BCUT2D eigenvalue weighted by Crippen LogP contribution is -2.11. The molecule has 3 heterocycles. The Morgan fingerprint density at radius 3 is 1.91 bits per heavy atom. The number of hydrogen-bond acceptors (Lipinski definition) is 27. The van der Waals surface area contributed by atoms with Crippen LogP contribution in [0, 0.1) is 25.2 Å². The average molecular weight is 1360 g/mol. The summed E-state index contributed by atoms with van der Waals surface area (Å²) >= 11 is 1.48. The third-order valence-corrected chi connectivity index (χ3v) is 19.3. The molecule has 3 aromatic heterocycles. The van der Waals surface area contributed by atoms with Gasteiger partial charge < -0.3 is 19.9 Å². The first-order chi connectivity index (χ1) is 40.4. The number of nitrogens with zero attached hydrogens (tertiary/aromatic N) is 10. The van der Waals surface area contributed by atoms with Crippen LogP contribution in [0.1, 0.15) is 36.5 Å². The summed E-state index contributed by atoms with van der Waals surface area (Å²) < 4.78 is 216. The first-order valence-electron chi connectivity index (χ1n) is 23.8. The van der Waals surface area contributed by atoms with Crippen molar-refractivity contribution in [3.63, 3.8) is 0 Å². The number of amides is 1. The van der Waals surface area contributed by atoms with Gasteiger partial charge in [-0.3, -0.25) is 36.5 Å². The minimum absolute atomic E-state index is 0.00786. The van der Waals surface area contributed by atoms with Crippen LogP contribution in [-0.2, 0) is 65.5 Å². The summed E-state index contributed by atoms with van der Waals surface area (Å²) in [5.74, 6) is -3.01. The number of ether oxygens (including phenoxy) is 2. The second kappa shape index (κ2) is 24.4. The molecule has 0 aliphatic rings. The molecular weight excluding hydrogens is 1320 g/mol. The van der Waals surface area contributed by atoms with Gasteiger partial charge in [-0.25, -0.2) is 9.97 Å². The van der Waals surface area contributed by atoms with Gasteiger partial charge in [0.15, 0.2) is 11.3 Å². The second-order valence-electron chi connectivity index (χ2n) is 18.2. The number of thioether (sulfide) groups is 1. The molecule has 0 unspecified atom stereocenters. The average Bonchev–Trinajstić information content (AvgIpc) is 1.75. The van der Waals surface area contributed by atoms with Gasteiger partial charge in [-0.15, -0.1) is 37.3 Å². The lowest BCUT2D eigenvalue weighted by atomic mass is 10.1. The number of benzene rings is 5. The van der Waals surface area contributed by atoms with Crippen LogP contribution in [0.25, 0.3) is 37.7 Å². The largest absolute Gasteiger partial charge is 0.494 e. The number of aromatic hydroxyl groups is 1. The molecule has 0 atom stereocenters. The van der Waals surface area contributed by atoms with Crippen molar-refractivity contribution < 1.29 is 97.2 Å². The van der Waals surface area contributed by atoms with E-state index in [-0.39, 0.29) is 108 Å². The van der Waals surface area contributed by atoms with Crippen molar-refractivity contribution in [2.45, 2.75) is 58.1 Å². The standard InChI is InChI=1S/C46H41N11O22S8/c1-21-11-30(52-55-41-22(2)27(20-47)44-49-29-19-39(86(72,73)74)33(48-23(3)58)15-34(29)57(44)45(41)59)36(79-7-5-9-82(60,61)62)16-28(21)51-54-32-17-35(78-4)31(18-37(32)80-8-6-10-83(63,64)65)53-56-46-50-42-40(87(75,76)77)14-25-26(43(42)81-46)12-24(84(66,67)68)13-38(25)85(69,70)71/h11-19,59H,5-10H2,1-4H3,(H,48,58)(H,60,61,62)(H,63,64,65)(H,66,67,68)(H,69,70,71)(H,72,73,74)(H,75,76,77). The maximum absolute atomic E-state index is 12.6. The number of thiazole rings is 1. The van der Waals surface area contributed by atoms with Crippen molar-refractivity contribution in [2.75, 3.05) is 36.3 Å². The molecule has 1 amide bonds. The van der Waals surface area contributed by atoms with E-state index in [2.05, 4.69) is 46.0 Å². The molecule has 41 heteroatoms. The molecule has 0 saturated heterocycles. The number of fused-ring (bicyclic) bond motifs is 6. The van der Waals surface area contributed by atoms with E-state index in [0.717, 1.165) is 41.3 Å². The third kappa shape index (κ3) is 14.8. The summed E-state index contributed by atoms with van der Waals surface area (Å²) in [4.78, 5) is 16.7. The topological polar surface area (TPSA) is 522 Å². The molecule has 0 radical (unpaired) electrons. The number of imidazole rings is 1. The maximum atomic E-state index is 12.6. The number of aryl methyl sites for hydroxylation is 1. The number of azo groups is 3. The third-order valence-electron chi connectivity index (χ3n) is 12.1. The van der Waals surface area contributed by atoms with E-state index in [1.807, 2.05) is 6.07 Å². The van der Waals surface area contributed by atoms with E-state index < -0.39 is 125 Å². The number of pyridine rings is 1. The van der Waals surface area contributed by atoms with Crippen molar-refractivity contribution in [2.24, 2.45) is 30.7 Å². The van der Waals surface area contributed by atoms with Crippen LogP contribution in [0.15, 0.2) is 110 Å². The summed E-state index contributed by atoms with van der Waals surface area (Å²) in [6, 6.07) is 11.0. The molecule has 8 aromatic rings. The van der Waals surface area contributed by atoms with Gasteiger partial charge in [-0.1, -0.05) is 11.3 Å². The Kier molecular flexibility index (Phi) is 18.3. The Balaban J connectivity index is 1.22. The smallest absolute Gasteiger partial charge is 0.296 e. The highest BCUT2D eigenvalue weighted by Gasteiger charge is 2.29. The molecule has 5 aromatic carbocycles. The summed E-state index contributed by atoms with van der Waals surface area (Å²) in [6.07, 6.45) is -0.362. The van der Waals surface area contributed by atoms with Gasteiger partial charge in [0.1, 0.15) is 60.4 Å². The van der Waals surface area contributed by atoms with Crippen LogP contribution in [0.5, 0.6) is 17.4 Å². The Bertz CT molecular complexity index is 5110. The quantitative estimate of drug-likeness (QED) is 0.0136. The number of anilines is 1. The maximum Gasteiger partial charge on any atom is 0.296 e. The molecular formula is C46H41N11O22S8. The first-order valence-corrected chi connectivity index (χ1v) is 34.6. The van der Waals surface area contributed by atoms with Crippen molar-refractivity contribution in [3.05, 3.63) is 71.3 Å². The van der Waals surface area contributed by atoms with Crippen LogP contribution in [0.2, 0.25) is 0 Å². The predicted octanol–water partition coefficient (Wildman–Crippen LogP) is 8.67. The second-order valence-corrected chi connectivity index (χ2v) is 29.1. The van der Waals surface area contributed by atoms with Crippen molar-refractivity contribution in [1.82, 2.24) is 14.4 Å². The Hall–Kier alpha value is -7.83. The fourth-order valence-electron chi connectivity index (χ4n) is 8.29. The molecule has 8 rings (SSSR count). The summed E-state index contributed by atoms with van der Waals surface area (Å²) in [6.45, 7) is 3.64. The van der Waals surface area contributed by atoms with E-state index in [9.17, 15) is 93.0 Å². The molecule has 8 N–H and O–H groups in total. The number of carbonyl (C=O) groups excluding carboxylic acids is 1. The van der Waals surface area contributed by atoms with Crippen LogP contribution in [-0.4, -0.2) is 134 Å². The molecule has 0 fully saturated rings. The van der Waals surface area contributed by atoms with Crippen LogP contribution >= 0.6 is 23.1 Å². The predicted molar refractivity (Wildman–Crippen MR) is 309 cm³/mol. The molecule has 0 spiro atoms. The van der Waals surface area contributed by atoms with Crippen LogP contribution < -0.4 is 14.8 Å². The molecule has 0 aliphatic carbocycles. The molecule has 0 saturated carbocycles.